The van der Waals surface area contributed by atoms with E-state index in [1.807, 2.05) is 32.9 Å². The van der Waals surface area contributed by atoms with Crippen molar-refractivity contribution in [3.63, 3.8) is 0 Å². The maximum atomic E-state index is 14.3. The molecule has 6 heteroatoms. The average Bonchev–Trinajstić information content (AvgIpc) is 2.81. The quantitative estimate of drug-likeness (QED) is 0.614. The third kappa shape index (κ3) is 3.37. The van der Waals surface area contributed by atoms with Crippen molar-refractivity contribution >= 4 is 28.5 Å². The van der Waals surface area contributed by atoms with Gasteiger partial charge in [-0.25, -0.2) is 13.8 Å². The van der Waals surface area contributed by atoms with Crippen LogP contribution in [0.15, 0.2) is 46.8 Å². The normalized spacial score (nSPS) is 17.5. The van der Waals surface area contributed by atoms with Crippen LogP contribution >= 0.6 is 11.8 Å². The first kappa shape index (κ1) is 20.3. The second-order valence-electron chi connectivity index (χ2n) is 7.42. The zero-order valence-electron chi connectivity index (χ0n) is 16.6. The van der Waals surface area contributed by atoms with E-state index in [1.54, 1.807) is 13.8 Å². The van der Waals surface area contributed by atoms with Gasteiger partial charge in [0, 0.05) is 4.91 Å². The molecule has 0 aromatic heterocycles. The molecule has 1 heterocycles. The monoisotopic (exact) mass is 400 g/mol. The summed E-state index contributed by atoms with van der Waals surface area (Å²) in [5, 5.41) is 0.352. The first-order chi connectivity index (χ1) is 13.0. The van der Waals surface area contributed by atoms with Gasteiger partial charge in [-0.1, -0.05) is 24.4 Å². The van der Waals surface area contributed by atoms with E-state index in [-0.39, 0.29) is 0 Å². The van der Waals surface area contributed by atoms with Crippen molar-refractivity contribution in [3.05, 3.63) is 75.7 Å². The molecule has 2 aromatic carbocycles. The fraction of sp³-hybridized carbons (Fsp3) is 0.273. The van der Waals surface area contributed by atoms with Crippen molar-refractivity contribution in [1.29, 1.82) is 0 Å². The maximum absolute atomic E-state index is 14.3. The number of carbonyl (C=O) groups excluding carboxylic acids is 1. The molecule has 1 fully saturated rings. The van der Waals surface area contributed by atoms with Crippen LogP contribution in [-0.2, 0) is 0 Å². The van der Waals surface area contributed by atoms with Gasteiger partial charge in [-0.2, -0.15) is 0 Å². The first-order valence-electron chi connectivity index (χ1n) is 8.86. The van der Waals surface area contributed by atoms with Gasteiger partial charge in [0.25, 0.3) is 5.91 Å². The Balaban J connectivity index is 2.13. The number of hydrogen-bond acceptors (Lipinski definition) is 3. The topological polar surface area (TPSA) is 32.7 Å². The molecular formula is C22H22F2N2OS. The summed E-state index contributed by atoms with van der Waals surface area (Å²) in [7, 11) is 0. The van der Waals surface area contributed by atoms with Gasteiger partial charge in [0.1, 0.15) is 17.2 Å². The summed E-state index contributed by atoms with van der Waals surface area (Å²) in [5.74, 6) is -2.57. The predicted molar refractivity (Wildman–Crippen MR) is 111 cm³/mol. The van der Waals surface area contributed by atoms with Crippen LogP contribution in [0.4, 0.5) is 14.5 Å². The van der Waals surface area contributed by atoms with Crippen LogP contribution in [0.1, 0.15) is 40.9 Å². The number of benzene rings is 2. The van der Waals surface area contributed by atoms with Crippen molar-refractivity contribution in [2.75, 3.05) is 0 Å². The lowest BCUT2D eigenvalue weighted by Gasteiger charge is -2.31. The van der Waals surface area contributed by atoms with Gasteiger partial charge in [0.05, 0.1) is 11.2 Å². The third-order valence-corrected chi connectivity index (χ3v) is 6.37. The molecule has 2 aromatic rings. The zero-order chi connectivity index (χ0) is 20.8. The Morgan fingerprint density at radius 1 is 1.11 bits per heavy atom. The van der Waals surface area contributed by atoms with E-state index in [4.69, 9.17) is 0 Å². The molecule has 0 spiro atoms. The van der Waals surface area contributed by atoms with E-state index in [1.165, 1.54) is 28.3 Å². The average molecular weight is 400 g/mol. The van der Waals surface area contributed by atoms with E-state index >= 15 is 0 Å². The molecule has 1 amide bonds. The number of aryl methyl sites for hydroxylation is 2. The highest BCUT2D eigenvalue weighted by molar-refractivity contribution is 8.17. The lowest BCUT2D eigenvalue weighted by atomic mass is 10.0. The number of amides is 1. The number of aliphatic imine (C=N–C) groups is 1. The van der Waals surface area contributed by atoms with Gasteiger partial charge in [0.2, 0.25) is 0 Å². The largest absolute Gasteiger partial charge is 0.276 e. The second kappa shape index (κ2) is 7.17. The molecule has 1 saturated heterocycles. The van der Waals surface area contributed by atoms with Crippen LogP contribution in [0.2, 0.25) is 0 Å². The van der Waals surface area contributed by atoms with Crippen LogP contribution in [0.25, 0.3) is 0 Å². The number of carbonyl (C=O) groups is 1. The molecule has 0 N–H and O–H groups in total. The van der Waals surface area contributed by atoms with Gasteiger partial charge < -0.3 is 0 Å². The van der Waals surface area contributed by atoms with Crippen LogP contribution < -0.4 is 0 Å². The highest BCUT2D eigenvalue weighted by Gasteiger charge is 2.46. The van der Waals surface area contributed by atoms with Crippen molar-refractivity contribution in [2.24, 2.45) is 4.99 Å². The number of hydrogen-bond donors (Lipinski definition) is 0. The lowest BCUT2D eigenvalue weighted by Crippen LogP contribution is -2.46. The SMILES string of the molecule is C=C1SC(=Nc2cc(C)c(C)c(C)c2)N(C(=O)c2c(F)cccc2F)C1(C)C. The summed E-state index contributed by atoms with van der Waals surface area (Å²) in [5.41, 5.74) is 2.59. The maximum Gasteiger partial charge on any atom is 0.266 e. The predicted octanol–water partition coefficient (Wildman–Crippen LogP) is 6.06. The molecule has 0 atom stereocenters. The van der Waals surface area contributed by atoms with Crippen LogP contribution in [0, 0.1) is 32.4 Å². The van der Waals surface area contributed by atoms with Crippen LogP contribution in [-0.4, -0.2) is 21.5 Å². The zero-order valence-corrected chi connectivity index (χ0v) is 17.4. The Bertz CT molecular complexity index is 984. The Morgan fingerprint density at radius 3 is 2.18 bits per heavy atom. The Labute approximate surface area is 168 Å². The molecule has 1 aliphatic rings. The number of rotatable bonds is 2. The molecule has 1 aliphatic heterocycles. The Kier molecular flexibility index (Phi) is 5.19. The molecule has 3 rings (SSSR count). The third-order valence-electron chi connectivity index (χ3n) is 5.16. The van der Waals surface area contributed by atoms with Gasteiger partial charge in [-0.05, 0) is 75.6 Å². The molecule has 28 heavy (non-hydrogen) atoms. The van der Waals surface area contributed by atoms with Crippen molar-refractivity contribution in [2.45, 2.75) is 40.2 Å². The summed E-state index contributed by atoms with van der Waals surface area (Å²) in [6.07, 6.45) is 0. The van der Waals surface area contributed by atoms with Crippen LogP contribution in [0.5, 0.6) is 0 Å². The minimum Gasteiger partial charge on any atom is -0.276 e. The van der Waals surface area contributed by atoms with Gasteiger partial charge in [0.15, 0.2) is 5.17 Å². The molecule has 3 nitrogen and oxygen atoms in total. The number of nitrogens with zero attached hydrogens (tertiary/aromatic N) is 2. The van der Waals surface area contributed by atoms with Crippen molar-refractivity contribution in [3.8, 4) is 0 Å². The number of halogens is 2. The van der Waals surface area contributed by atoms with Crippen LogP contribution in [0.3, 0.4) is 0 Å². The highest BCUT2D eigenvalue weighted by atomic mass is 32.2. The highest BCUT2D eigenvalue weighted by Crippen LogP contribution is 2.44. The molecule has 0 radical (unpaired) electrons. The lowest BCUT2D eigenvalue weighted by molar-refractivity contribution is 0.0772. The minimum atomic E-state index is -0.898. The van der Waals surface area contributed by atoms with E-state index in [9.17, 15) is 13.6 Å². The Morgan fingerprint density at radius 2 is 1.64 bits per heavy atom. The molecule has 0 saturated carbocycles. The molecule has 0 aliphatic carbocycles. The number of amidine groups is 1. The summed E-state index contributed by atoms with van der Waals surface area (Å²) < 4.78 is 28.5. The summed E-state index contributed by atoms with van der Waals surface area (Å²) >= 11 is 1.24. The first-order valence-corrected chi connectivity index (χ1v) is 9.68. The standard InChI is InChI=1S/C22H22F2N2OS/c1-12-10-16(11-13(2)14(12)3)25-21-26(22(5,6)15(4)28-21)20(27)19-17(23)8-7-9-18(19)24/h7-11H,4H2,1-3,5-6H3. The summed E-state index contributed by atoms with van der Waals surface area (Å²) in [6.45, 7) is 13.6. The van der Waals surface area contributed by atoms with Gasteiger partial charge in [-0.3, -0.25) is 9.69 Å². The van der Waals surface area contributed by atoms with Crippen molar-refractivity contribution in [1.82, 2.24) is 4.90 Å². The fourth-order valence-electron chi connectivity index (χ4n) is 3.06. The molecule has 146 valence electrons. The smallest absolute Gasteiger partial charge is 0.266 e. The van der Waals surface area contributed by atoms with E-state index < -0.39 is 28.6 Å². The van der Waals surface area contributed by atoms with Gasteiger partial charge in [-0.15, -0.1) is 0 Å². The van der Waals surface area contributed by atoms with E-state index in [2.05, 4.69) is 11.6 Å². The fourth-order valence-corrected chi connectivity index (χ4v) is 4.17. The van der Waals surface area contributed by atoms with Crippen molar-refractivity contribution < 1.29 is 13.6 Å². The second-order valence-corrected chi connectivity index (χ2v) is 8.48. The summed E-state index contributed by atoms with van der Waals surface area (Å²) in [4.78, 5) is 19.8. The van der Waals surface area contributed by atoms with E-state index in [0.717, 1.165) is 23.3 Å². The summed E-state index contributed by atoms with van der Waals surface area (Å²) in [6, 6.07) is 7.24. The van der Waals surface area contributed by atoms with E-state index in [0.29, 0.717) is 15.8 Å². The number of thioether (sulfide) groups is 1. The minimum absolute atomic E-state index is 0.352. The molecular weight excluding hydrogens is 378 g/mol. The molecule has 0 unspecified atom stereocenters. The van der Waals surface area contributed by atoms with Gasteiger partial charge >= 0.3 is 0 Å². The molecule has 0 bridgehead atoms. The Hall–Kier alpha value is -2.47.